The van der Waals surface area contributed by atoms with Crippen molar-refractivity contribution >= 4 is 0 Å². The molecule has 184 valence electrons. The average Bonchev–Trinajstić information content (AvgIpc) is 3.26. The van der Waals surface area contributed by atoms with Crippen LogP contribution >= 0.6 is 0 Å². The number of benzene rings is 2. The van der Waals surface area contributed by atoms with Crippen molar-refractivity contribution in [1.29, 1.82) is 0 Å². The van der Waals surface area contributed by atoms with Crippen LogP contribution in [0.3, 0.4) is 0 Å². The van der Waals surface area contributed by atoms with Crippen molar-refractivity contribution < 1.29 is 17.6 Å². The fourth-order valence-electron chi connectivity index (χ4n) is 3.97. The number of halogens is 4. The quantitative estimate of drug-likeness (QED) is 0.419. The molecule has 1 saturated heterocycles. The van der Waals surface area contributed by atoms with Crippen LogP contribution in [0.5, 0.6) is 0 Å². The SMILES string of the molecule is Cc1ccc(-n2ccc(C(C)(C)C)n2)cc1.Fc1ccc(C(F)(F)F)c(CC2CCNCC2)c1. The van der Waals surface area contributed by atoms with Gasteiger partial charge in [-0.15, -0.1) is 0 Å². The Morgan fingerprint density at radius 3 is 2.18 bits per heavy atom. The minimum atomic E-state index is -4.41. The predicted molar refractivity (Wildman–Crippen MR) is 128 cm³/mol. The van der Waals surface area contributed by atoms with E-state index in [1.54, 1.807) is 0 Å². The Bertz CT molecular complexity index is 1060. The number of hydrogen-bond donors (Lipinski definition) is 1. The molecule has 1 aliphatic rings. The monoisotopic (exact) mass is 475 g/mol. The average molecular weight is 476 g/mol. The Hall–Kier alpha value is -2.67. The maximum atomic E-state index is 13.1. The Kier molecular flexibility index (Phi) is 8.18. The lowest BCUT2D eigenvalue weighted by Crippen LogP contribution is -2.29. The molecule has 3 aromatic rings. The van der Waals surface area contributed by atoms with Gasteiger partial charge in [-0.3, -0.25) is 0 Å². The number of aromatic nitrogens is 2. The van der Waals surface area contributed by atoms with E-state index in [9.17, 15) is 17.6 Å². The van der Waals surface area contributed by atoms with E-state index in [1.807, 2.05) is 10.9 Å². The highest BCUT2D eigenvalue weighted by Crippen LogP contribution is 2.34. The Morgan fingerprint density at radius 1 is 0.971 bits per heavy atom. The summed E-state index contributed by atoms with van der Waals surface area (Å²) >= 11 is 0. The molecule has 2 aromatic carbocycles. The van der Waals surface area contributed by atoms with Gasteiger partial charge in [-0.05, 0) is 87.2 Å². The van der Waals surface area contributed by atoms with Gasteiger partial charge in [0.15, 0.2) is 0 Å². The topological polar surface area (TPSA) is 29.9 Å². The van der Waals surface area contributed by atoms with Gasteiger partial charge >= 0.3 is 6.18 Å². The lowest BCUT2D eigenvalue weighted by molar-refractivity contribution is -0.138. The fourth-order valence-corrected chi connectivity index (χ4v) is 3.97. The number of piperidine rings is 1. The number of alkyl halides is 3. The van der Waals surface area contributed by atoms with Gasteiger partial charge in [-0.1, -0.05) is 38.5 Å². The Balaban J connectivity index is 0.000000192. The molecule has 0 aliphatic carbocycles. The van der Waals surface area contributed by atoms with E-state index >= 15 is 0 Å². The largest absolute Gasteiger partial charge is 0.416 e. The predicted octanol–water partition coefficient (Wildman–Crippen LogP) is 6.86. The third kappa shape index (κ3) is 7.16. The lowest BCUT2D eigenvalue weighted by atomic mass is 9.89. The normalized spacial score (nSPS) is 15.1. The molecule has 1 N–H and O–H groups in total. The smallest absolute Gasteiger partial charge is 0.317 e. The van der Waals surface area contributed by atoms with Gasteiger partial charge in [0.1, 0.15) is 5.82 Å². The molecule has 0 atom stereocenters. The number of hydrogen-bond acceptors (Lipinski definition) is 2. The minimum absolute atomic E-state index is 0.0781. The molecule has 34 heavy (non-hydrogen) atoms. The summed E-state index contributed by atoms with van der Waals surface area (Å²) in [5.41, 5.74) is 2.98. The molecule has 0 saturated carbocycles. The number of nitrogens with one attached hydrogen (secondary N) is 1. The third-order valence-corrected chi connectivity index (χ3v) is 6.00. The molecule has 1 fully saturated rings. The highest BCUT2D eigenvalue weighted by atomic mass is 19.4. The molecular weight excluding hydrogens is 442 g/mol. The summed E-state index contributed by atoms with van der Waals surface area (Å²) in [5, 5.41) is 7.76. The van der Waals surface area contributed by atoms with Crippen LogP contribution < -0.4 is 5.32 Å². The highest BCUT2D eigenvalue weighted by Gasteiger charge is 2.34. The summed E-state index contributed by atoms with van der Waals surface area (Å²) in [4.78, 5) is 0. The van der Waals surface area contributed by atoms with Crippen molar-refractivity contribution in [2.24, 2.45) is 5.92 Å². The first-order valence-electron chi connectivity index (χ1n) is 11.6. The van der Waals surface area contributed by atoms with Crippen LogP contribution in [0.4, 0.5) is 17.6 Å². The molecule has 1 aliphatic heterocycles. The standard InChI is InChI=1S/C14H18N2.C13H15F4N/c1-11-5-7-12(8-6-11)16-10-9-13(15-16)14(2,3)4;14-11-1-2-12(13(15,16)17)10(8-11)7-9-3-5-18-6-4-9/h5-10H,1-4H3;1-2,8-9,18H,3-7H2. The summed E-state index contributed by atoms with van der Waals surface area (Å²) in [7, 11) is 0. The molecule has 1 aromatic heterocycles. The van der Waals surface area contributed by atoms with Crippen molar-refractivity contribution in [2.75, 3.05) is 13.1 Å². The van der Waals surface area contributed by atoms with Gasteiger partial charge in [0.2, 0.25) is 0 Å². The van der Waals surface area contributed by atoms with Crippen LogP contribution in [0, 0.1) is 18.7 Å². The van der Waals surface area contributed by atoms with E-state index in [0.717, 1.165) is 55.5 Å². The van der Waals surface area contributed by atoms with E-state index in [-0.39, 0.29) is 16.9 Å². The summed E-state index contributed by atoms with van der Waals surface area (Å²) < 4.78 is 53.4. The third-order valence-electron chi connectivity index (χ3n) is 6.00. The fraction of sp³-hybridized carbons (Fsp3) is 0.444. The first-order chi connectivity index (χ1) is 15.9. The van der Waals surface area contributed by atoms with Gasteiger partial charge in [0.05, 0.1) is 16.9 Å². The van der Waals surface area contributed by atoms with Crippen LogP contribution in [0.1, 0.15) is 56.0 Å². The van der Waals surface area contributed by atoms with Crippen molar-refractivity contribution in [3.63, 3.8) is 0 Å². The van der Waals surface area contributed by atoms with E-state index in [2.05, 4.69) is 68.4 Å². The second-order valence-corrected chi connectivity index (χ2v) is 9.93. The van der Waals surface area contributed by atoms with Crippen LogP contribution in [0.15, 0.2) is 54.7 Å². The van der Waals surface area contributed by atoms with Gasteiger partial charge in [-0.2, -0.15) is 18.3 Å². The Labute approximate surface area is 199 Å². The molecule has 2 heterocycles. The lowest BCUT2D eigenvalue weighted by Gasteiger charge is -2.24. The second kappa shape index (κ2) is 10.7. The molecule has 0 unspecified atom stereocenters. The van der Waals surface area contributed by atoms with Gasteiger partial charge in [0, 0.05) is 11.6 Å². The van der Waals surface area contributed by atoms with Gasteiger partial charge in [0.25, 0.3) is 0 Å². The molecule has 0 radical (unpaired) electrons. The summed E-state index contributed by atoms with van der Waals surface area (Å²) in [5.74, 6) is -0.402. The first-order valence-corrected chi connectivity index (χ1v) is 11.6. The summed E-state index contributed by atoms with van der Waals surface area (Å²) in [6, 6.07) is 13.2. The Morgan fingerprint density at radius 2 is 1.62 bits per heavy atom. The molecule has 3 nitrogen and oxygen atoms in total. The zero-order valence-electron chi connectivity index (χ0n) is 20.2. The van der Waals surface area contributed by atoms with Crippen molar-refractivity contribution in [3.05, 3.63) is 82.9 Å². The summed E-state index contributed by atoms with van der Waals surface area (Å²) in [6.07, 6.45) is -0.406. The van der Waals surface area contributed by atoms with Crippen LogP contribution in [0.25, 0.3) is 5.69 Å². The second-order valence-electron chi connectivity index (χ2n) is 9.93. The zero-order valence-corrected chi connectivity index (χ0v) is 20.2. The maximum Gasteiger partial charge on any atom is 0.416 e. The van der Waals surface area contributed by atoms with E-state index in [1.165, 1.54) is 5.56 Å². The number of rotatable bonds is 3. The molecule has 7 heteroatoms. The van der Waals surface area contributed by atoms with Gasteiger partial charge < -0.3 is 5.32 Å². The number of aryl methyl sites for hydroxylation is 1. The van der Waals surface area contributed by atoms with E-state index < -0.39 is 17.6 Å². The van der Waals surface area contributed by atoms with Crippen molar-refractivity contribution in [2.45, 2.75) is 58.5 Å². The molecule has 4 rings (SSSR count). The summed E-state index contributed by atoms with van der Waals surface area (Å²) in [6.45, 7) is 10.3. The first kappa shape index (κ1) is 25.9. The van der Waals surface area contributed by atoms with Gasteiger partial charge in [-0.25, -0.2) is 9.07 Å². The van der Waals surface area contributed by atoms with E-state index in [0.29, 0.717) is 6.42 Å². The molecule has 0 amide bonds. The van der Waals surface area contributed by atoms with Crippen molar-refractivity contribution in [1.82, 2.24) is 15.1 Å². The van der Waals surface area contributed by atoms with Crippen LogP contribution in [-0.2, 0) is 18.0 Å². The molecular formula is C27H33F4N3. The zero-order chi connectivity index (χ0) is 24.9. The van der Waals surface area contributed by atoms with Crippen LogP contribution in [0.2, 0.25) is 0 Å². The molecule has 0 bridgehead atoms. The van der Waals surface area contributed by atoms with Crippen molar-refractivity contribution in [3.8, 4) is 5.69 Å². The maximum absolute atomic E-state index is 13.1. The number of nitrogens with zero attached hydrogens (tertiary/aromatic N) is 2. The van der Waals surface area contributed by atoms with E-state index in [4.69, 9.17) is 0 Å². The molecule has 0 spiro atoms. The minimum Gasteiger partial charge on any atom is -0.317 e. The van der Waals surface area contributed by atoms with Crippen LogP contribution in [-0.4, -0.2) is 22.9 Å². The highest BCUT2D eigenvalue weighted by molar-refractivity contribution is 5.34.